The van der Waals surface area contributed by atoms with Crippen LogP contribution in [0.1, 0.15) is 20.3 Å². The van der Waals surface area contributed by atoms with Crippen LogP contribution in [0.25, 0.3) is 28.1 Å². The second kappa shape index (κ2) is 8.68. The Morgan fingerprint density at radius 2 is 2.13 bits per heavy atom. The number of furan rings is 1. The molecule has 0 saturated heterocycles. The highest BCUT2D eigenvalue weighted by atomic mass is 16.5. The molecule has 0 bridgehead atoms. The van der Waals surface area contributed by atoms with E-state index < -0.39 is 0 Å². The molecule has 9 nitrogen and oxygen atoms in total. The van der Waals surface area contributed by atoms with E-state index in [0.717, 1.165) is 24.2 Å². The van der Waals surface area contributed by atoms with Crippen molar-refractivity contribution in [1.29, 1.82) is 0 Å². The Morgan fingerprint density at radius 1 is 1.27 bits per heavy atom. The Balaban J connectivity index is 1.77. The number of rotatable bonds is 9. The van der Waals surface area contributed by atoms with Crippen molar-refractivity contribution in [2.75, 3.05) is 31.1 Å². The Kier molecular flexibility index (Phi) is 5.82. The molecule has 0 aliphatic rings. The number of hydrogen-bond acceptors (Lipinski definition) is 8. The second-order valence-corrected chi connectivity index (χ2v) is 7.12. The first-order valence-electron chi connectivity index (χ1n) is 10.1. The number of aliphatic hydroxyl groups is 1. The zero-order valence-electron chi connectivity index (χ0n) is 17.2. The van der Waals surface area contributed by atoms with Gasteiger partial charge >= 0.3 is 0 Å². The van der Waals surface area contributed by atoms with E-state index in [0.29, 0.717) is 41.7 Å². The Labute approximate surface area is 174 Å². The fraction of sp³-hybridized carbons (Fsp3) is 0.381. The van der Waals surface area contributed by atoms with Gasteiger partial charge < -0.3 is 24.9 Å². The van der Waals surface area contributed by atoms with Crippen LogP contribution < -0.4 is 15.4 Å². The highest BCUT2D eigenvalue weighted by Gasteiger charge is 2.18. The average Bonchev–Trinajstić information content (AvgIpc) is 3.36. The fourth-order valence-corrected chi connectivity index (χ4v) is 3.38. The third-order valence-corrected chi connectivity index (χ3v) is 4.83. The van der Waals surface area contributed by atoms with Crippen LogP contribution in [0, 0.1) is 0 Å². The smallest absolute Gasteiger partial charge is 0.232 e. The van der Waals surface area contributed by atoms with E-state index in [1.807, 2.05) is 25.1 Å². The number of nitrogens with two attached hydrogens (primary N) is 1. The first-order chi connectivity index (χ1) is 14.6. The van der Waals surface area contributed by atoms with Gasteiger partial charge in [-0.15, -0.1) is 5.10 Å². The van der Waals surface area contributed by atoms with Gasteiger partial charge in [-0.2, -0.15) is 0 Å². The molecule has 0 aromatic carbocycles. The zero-order chi connectivity index (χ0) is 21.1. The summed E-state index contributed by atoms with van der Waals surface area (Å²) < 4.78 is 13.6. The number of nitrogens with zero attached hydrogens (tertiary/aromatic N) is 5. The van der Waals surface area contributed by atoms with Crippen LogP contribution in [0.5, 0.6) is 5.88 Å². The summed E-state index contributed by atoms with van der Waals surface area (Å²) in [6, 6.07) is 7.39. The minimum Gasteiger partial charge on any atom is -0.472 e. The maximum absolute atomic E-state index is 9.44. The molecular formula is C21H26N6O3. The van der Waals surface area contributed by atoms with Crippen LogP contribution in [0.15, 0.2) is 41.1 Å². The lowest BCUT2D eigenvalue weighted by Crippen LogP contribution is -2.28. The van der Waals surface area contributed by atoms with Gasteiger partial charge in [0.15, 0.2) is 11.4 Å². The van der Waals surface area contributed by atoms with Gasteiger partial charge in [-0.05, 0) is 31.5 Å². The molecule has 0 spiro atoms. The molecule has 30 heavy (non-hydrogen) atoms. The summed E-state index contributed by atoms with van der Waals surface area (Å²) >= 11 is 0. The molecule has 9 heteroatoms. The van der Waals surface area contributed by atoms with Gasteiger partial charge in [0.25, 0.3) is 0 Å². The molecular weight excluding hydrogens is 384 g/mol. The van der Waals surface area contributed by atoms with E-state index in [1.165, 1.54) is 0 Å². The predicted octanol–water partition coefficient (Wildman–Crippen LogP) is 2.47. The molecule has 0 aliphatic heterocycles. The lowest BCUT2D eigenvalue weighted by atomic mass is 10.2. The Hall–Kier alpha value is -3.17. The van der Waals surface area contributed by atoms with E-state index in [4.69, 9.17) is 14.9 Å². The predicted molar refractivity (Wildman–Crippen MR) is 115 cm³/mol. The first-order valence-corrected chi connectivity index (χ1v) is 10.1. The van der Waals surface area contributed by atoms with Crippen molar-refractivity contribution < 1.29 is 14.3 Å². The van der Waals surface area contributed by atoms with Gasteiger partial charge in [0.2, 0.25) is 5.88 Å². The van der Waals surface area contributed by atoms with Gasteiger partial charge in [0, 0.05) is 31.9 Å². The van der Waals surface area contributed by atoms with Crippen molar-refractivity contribution in [2.24, 2.45) is 5.73 Å². The SMILES string of the molecule is CCCN(CCO)c1nccc2oc(-c3cnc4ccc(OC(C)CN)nn34)cc12. The van der Waals surface area contributed by atoms with Crippen LogP contribution in [0.2, 0.25) is 0 Å². The minimum atomic E-state index is -0.141. The summed E-state index contributed by atoms with van der Waals surface area (Å²) in [7, 11) is 0. The molecule has 4 heterocycles. The minimum absolute atomic E-state index is 0.0595. The van der Waals surface area contributed by atoms with Crippen molar-refractivity contribution in [3.63, 3.8) is 0 Å². The first kappa shape index (κ1) is 20.1. The number of aromatic nitrogens is 4. The normalized spacial score (nSPS) is 12.5. The summed E-state index contributed by atoms with van der Waals surface area (Å²) in [4.78, 5) is 11.0. The van der Waals surface area contributed by atoms with Crippen LogP contribution in [-0.2, 0) is 0 Å². The van der Waals surface area contributed by atoms with E-state index >= 15 is 0 Å². The molecule has 0 amide bonds. The lowest BCUT2D eigenvalue weighted by molar-refractivity contribution is 0.217. The molecule has 0 saturated carbocycles. The van der Waals surface area contributed by atoms with E-state index in [-0.39, 0.29) is 12.7 Å². The molecule has 0 aliphatic carbocycles. The van der Waals surface area contributed by atoms with Gasteiger partial charge in [-0.1, -0.05) is 6.92 Å². The number of fused-ring (bicyclic) bond motifs is 2. The number of ether oxygens (including phenoxy) is 1. The summed E-state index contributed by atoms with van der Waals surface area (Å²) in [5, 5.41) is 14.9. The highest BCUT2D eigenvalue weighted by molar-refractivity contribution is 5.91. The number of imidazole rings is 1. The van der Waals surface area contributed by atoms with Crippen molar-refractivity contribution in [3.8, 4) is 17.3 Å². The molecule has 158 valence electrons. The van der Waals surface area contributed by atoms with Gasteiger partial charge in [-0.3, -0.25) is 0 Å². The number of hydrogen-bond donors (Lipinski definition) is 2. The van der Waals surface area contributed by atoms with Crippen molar-refractivity contribution in [1.82, 2.24) is 19.6 Å². The largest absolute Gasteiger partial charge is 0.472 e. The molecule has 3 N–H and O–H groups in total. The summed E-state index contributed by atoms with van der Waals surface area (Å²) in [5.41, 5.74) is 7.76. The van der Waals surface area contributed by atoms with Crippen LogP contribution in [-0.4, -0.2) is 57.0 Å². The van der Waals surface area contributed by atoms with Crippen LogP contribution in [0.4, 0.5) is 5.82 Å². The second-order valence-electron chi connectivity index (χ2n) is 7.12. The highest BCUT2D eigenvalue weighted by Crippen LogP contribution is 2.33. The lowest BCUT2D eigenvalue weighted by Gasteiger charge is -2.22. The molecule has 0 fully saturated rings. The quantitative estimate of drug-likeness (QED) is 0.432. The summed E-state index contributed by atoms with van der Waals surface area (Å²) in [6.07, 6.45) is 4.25. The third kappa shape index (κ3) is 3.81. The topological polar surface area (TPSA) is 115 Å². The van der Waals surface area contributed by atoms with Crippen LogP contribution >= 0.6 is 0 Å². The fourth-order valence-electron chi connectivity index (χ4n) is 3.38. The molecule has 4 rings (SSSR count). The van der Waals surface area contributed by atoms with E-state index in [9.17, 15) is 5.11 Å². The summed E-state index contributed by atoms with van der Waals surface area (Å²) in [6.45, 7) is 5.76. The molecule has 4 aromatic heterocycles. The number of pyridine rings is 1. The number of aliphatic hydroxyl groups excluding tert-OH is 1. The summed E-state index contributed by atoms with van der Waals surface area (Å²) in [5.74, 6) is 1.89. The van der Waals surface area contributed by atoms with E-state index in [2.05, 4.69) is 26.9 Å². The Bertz CT molecular complexity index is 1130. The zero-order valence-corrected chi connectivity index (χ0v) is 17.2. The molecule has 1 unspecified atom stereocenters. The Morgan fingerprint density at radius 3 is 2.90 bits per heavy atom. The third-order valence-electron chi connectivity index (χ3n) is 4.83. The maximum atomic E-state index is 9.44. The molecule has 0 radical (unpaired) electrons. The number of anilines is 1. The van der Waals surface area contributed by atoms with Gasteiger partial charge in [-0.25, -0.2) is 14.5 Å². The monoisotopic (exact) mass is 410 g/mol. The molecule has 1 atom stereocenters. The van der Waals surface area contributed by atoms with Crippen molar-refractivity contribution in [2.45, 2.75) is 26.4 Å². The van der Waals surface area contributed by atoms with Gasteiger partial charge in [0.05, 0.1) is 18.2 Å². The maximum Gasteiger partial charge on any atom is 0.232 e. The molecule has 4 aromatic rings. The van der Waals surface area contributed by atoms with Crippen molar-refractivity contribution in [3.05, 3.63) is 36.7 Å². The van der Waals surface area contributed by atoms with Crippen molar-refractivity contribution >= 4 is 22.4 Å². The standard InChI is InChI=1S/C21H26N6O3/c1-3-8-26(9-10-28)21-15-11-18(30-17(15)6-7-23-21)16-13-24-19-4-5-20(25-27(16)19)29-14(2)12-22/h4-7,11,13-14,28H,3,8-10,12,22H2,1-2H3. The average molecular weight is 410 g/mol. The van der Waals surface area contributed by atoms with Crippen LogP contribution in [0.3, 0.4) is 0 Å². The van der Waals surface area contributed by atoms with E-state index in [1.54, 1.807) is 23.0 Å². The van der Waals surface area contributed by atoms with Gasteiger partial charge in [0.1, 0.15) is 23.2 Å².